The number of sulfonamides is 1. The summed E-state index contributed by atoms with van der Waals surface area (Å²) < 4.78 is 37.5. The Morgan fingerprint density at radius 2 is 2.04 bits per heavy atom. The van der Waals surface area contributed by atoms with Gasteiger partial charge in [0.2, 0.25) is 15.9 Å². The van der Waals surface area contributed by atoms with Gasteiger partial charge >= 0.3 is 0 Å². The molecule has 1 saturated heterocycles. The third kappa shape index (κ3) is 3.96. The Morgan fingerprint density at radius 1 is 1.33 bits per heavy atom. The molecule has 1 aromatic carbocycles. The summed E-state index contributed by atoms with van der Waals surface area (Å²) in [6.45, 7) is 4.32. The van der Waals surface area contributed by atoms with E-state index in [4.69, 9.17) is 9.26 Å². The average molecular weight is 394 g/mol. The molecule has 1 aliphatic heterocycles. The molecule has 0 spiro atoms. The van der Waals surface area contributed by atoms with E-state index in [1.165, 1.54) is 29.6 Å². The lowest BCUT2D eigenvalue weighted by Crippen LogP contribution is -2.29. The van der Waals surface area contributed by atoms with Gasteiger partial charge in [-0.15, -0.1) is 0 Å². The van der Waals surface area contributed by atoms with Crippen LogP contribution in [0, 0.1) is 6.92 Å². The van der Waals surface area contributed by atoms with Crippen LogP contribution in [0.25, 0.3) is 0 Å². The normalized spacial score (nSPS) is 16.3. The van der Waals surface area contributed by atoms with Crippen LogP contribution in [-0.4, -0.2) is 49.0 Å². The molecule has 2 aromatic rings. The number of hydrogen-bond donors (Lipinski definition) is 1. The van der Waals surface area contributed by atoms with Crippen molar-refractivity contribution in [2.75, 3.05) is 20.2 Å². The lowest BCUT2D eigenvalue weighted by Gasteiger charge is -2.18. The minimum absolute atomic E-state index is 0.0131. The monoisotopic (exact) mass is 394 g/mol. The number of nitrogens with one attached hydrogen (secondary N) is 1. The predicted octanol–water partition coefficient (Wildman–Crippen LogP) is 1.66. The van der Waals surface area contributed by atoms with Gasteiger partial charge in [0.25, 0.3) is 5.91 Å². The zero-order chi connectivity index (χ0) is 19.6. The molecule has 1 aromatic heterocycles. The third-order valence-corrected chi connectivity index (χ3v) is 6.29. The van der Waals surface area contributed by atoms with Crippen molar-refractivity contribution < 1.29 is 22.5 Å². The summed E-state index contributed by atoms with van der Waals surface area (Å²) in [6, 6.07) is 3.83. The van der Waals surface area contributed by atoms with Gasteiger partial charge in [0, 0.05) is 18.7 Å². The maximum absolute atomic E-state index is 12.9. The number of methoxy groups -OCH3 is 1. The van der Waals surface area contributed by atoms with Gasteiger partial charge in [-0.2, -0.15) is 9.29 Å². The van der Waals surface area contributed by atoms with Gasteiger partial charge < -0.3 is 14.6 Å². The molecular weight excluding hydrogens is 372 g/mol. The first-order chi connectivity index (χ1) is 12.8. The molecule has 1 N–H and O–H groups in total. The highest BCUT2D eigenvalue weighted by atomic mass is 32.2. The first kappa shape index (κ1) is 19.3. The first-order valence-corrected chi connectivity index (χ1v) is 10.1. The number of amides is 1. The number of rotatable bonds is 6. The molecule has 27 heavy (non-hydrogen) atoms. The molecule has 0 saturated carbocycles. The molecule has 0 bridgehead atoms. The van der Waals surface area contributed by atoms with Crippen molar-refractivity contribution in [3.8, 4) is 5.75 Å². The van der Waals surface area contributed by atoms with Crippen LogP contribution in [0.5, 0.6) is 5.75 Å². The van der Waals surface area contributed by atoms with E-state index in [0.717, 1.165) is 12.8 Å². The number of carbonyl (C=O) groups excluding carboxylic acids is 1. The fourth-order valence-corrected chi connectivity index (χ4v) is 4.62. The van der Waals surface area contributed by atoms with E-state index in [9.17, 15) is 13.2 Å². The van der Waals surface area contributed by atoms with Crippen LogP contribution in [0.3, 0.4) is 0 Å². The SMILES string of the molecule is COc1ccc(C(=O)NC(C)c2nc(C)no2)cc1S(=O)(=O)N1CCCC1. The lowest BCUT2D eigenvalue weighted by molar-refractivity contribution is 0.0932. The summed E-state index contributed by atoms with van der Waals surface area (Å²) in [5, 5.41) is 6.42. The predicted molar refractivity (Wildman–Crippen MR) is 95.9 cm³/mol. The number of aromatic nitrogens is 2. The van der Waals surface area contributed by atoms with Crippen LogP contribution in [0.2, 0.25) is 0 Å². The van der Waals surface area contributed by atoms with E-state index >= 15 is 0 Å². The van der Waals surface area contributed by atoms with Crippen LogP contribution in [0.4, 0.5) is 0 Å². The quantitative estimate of drug-likeness (QED) is 0.792. The van der Waals surface area contributed by atoms with E-state index in [1.807, 2.05) is 0 Å². The van der Waals surface area contributed by atoms with Crippen LogP contribution >= 0.6 is 0 Å². The van der Waals surface area contributed by atoms with Crippen molar-refractivity contribution in [3.05, 3.63) is 35.5 Å². The summed E-state index contributed by atoms with van der Waals surface area (Å²) >= 11 is 0. The molecule has 1 fully saturated rings. The molecule has 1 atom stereocenters. The number of hydrogen-bond acceptors (Lipinski definition) is 7. The minimum atomic E-state index is -3.73. The smallest absolute Gasteiger partial charge is 0.251 e. The zero-order valence-corrected chi connectivity index (χ0v) is 16.2. The van der Waals surface area contributed by atoms with Crippen molar-refractivity contribution >= 4 is 15.9 Å². The molecule has 0 aliphatic carbocycles. The number of aryl methyl sites for hydroxylation is 1. The zero-order valence-electron chi connectivity index (χ0n) is 15.4. The Balaban J connectivity index is 1.87. The molecule has 146 valence electrons. The highest BCUT2D eigenvalue weighted by molar-refractivity contribution is 7.89. The van der Waals surface area contributed by atoms with Gasteiger partial charge in [0.1, 0.15) is 16.7 Å². The number of benzene rings is 1. The lowest BCUT2D eigenvalue weighted by atomic mass is 10.2. The maximum Gasteiger partial charge on any atom is 0.251 e. The summed E-state index contributed by atoms with van der Waals surface area (Å²) in [5.41, 5.74) is 0.205. The molecule has 1 unspecified atom stereocenters. The molecule has 9 nitrogen and oxygen atoms in total. The Labute approximate surface area is 157 Å². The Bertz CT molecular complexity index is 935. The second kappa shape index (κ2) is 7.65. The standard InChI is InChI=1S/C17H22N4O5S/c1-11(17-19-12(2)20-26-17)18-16(22)13-6-7-14(25-3)15(10-13)27(23,24)21-8-4-5-9-21/h6-7,10-11H,4-5,8-9H2,1-3H3,(H,18,22). The van der Waals surface area contributed by atoms with Crippen LogP contribution < -0.4 is 10.1 Å². The first-order valence-electron chi connectivity index (χ1n) is 8.62. The van der Waals surface area contributed by atoms with Gasteiger partial charge in [0.05, 0.1) is 7.11 Å². The van der Waals surface area contributed by atoms with Crippen molar-refractivity contribution in [3.63, 3.8) is 0 Å². The van der Waals surface area contributed by atoms with Crippen LogP contribution in [0.1, 0.15) is 47.9 Å². The molecule has 2 heterocycles. The van der Waals surface area contributed by atoms with Gasteiger partial charge in [0.15, 0.2) is 5.82 Å². The van der Waals surface area contributed by atoms with Crippen molar-refractivity contribution in [1.82, 2.24) is 19.8 Å². The van der Waals surface area contributed by atoms with Gasteiger partial charge in [-0.1, -0.05) is 5.16 Å². The Kier molecular flexibility index (Phi) is 5.47. The van der Waals surface area contributed by atoms with E-state index < -0.39 is 22.0 Å². The summed E-state index contributed by atoms with van der Waals surface area (Å²) in [4.78, 5) is 16.7. The fourth-order valence-electron chi connectivity index (χ4n) is 2.92. The highest BCUT2D eigenvalue weighted by Gasteiger charge is 2.31. The third-order valence-electron chi connectivity index (χ3n) is 4.37. The molecule has 10 heteroatoms. The highest BCUT2D eigenvalue weighted by Crippen LogP contribution is 2.30. The number of carbonyl (C=O) groups is 1. The van der Waals surface area contributed by atoms with E-state index in [0.29, 0.717) is 18.9 Å². The molecule has 1 amide bonds. The van der Waals surface area contributed by atoms with Gasteiger partial charge in [-0.05, 0) is 44.9 Å². The minimum Gasteiger partial charge on any atom is -0.495 e. The van der Waals surface area contributed by atoms with E-state index in [2.05, 4.69) is 15.5 Å². The second-order valence-corrected chi connectivity index (χ2v) is 8.26. The Morgan fingerprint density at radius 3 is 2.63 bits per heavy atom. The average Bonchev–Trinajstić information content (AvgIpc) is 3.33. The topological polar surface area (TPSA) is 115 Å². The molecule has 1 aliphatic rings. The summed E-state index contributed by atoms with van der Waals surface area (Å²) in [6.07, 6.45) is 1.64. The van der Waals surface area contributed by atoms with Crippen LogP contribution in [-0.2, 0) is 10.0 Å². The number of nitrogens with zero attached hydrogens (tertiary/aromatic N) is 3. The van der Waals surface area contributed by atoms with Gasteiger partial charge in [-0.25, -0.2) is 8.42 Å². The number of ether oxygens (including phenoxy) is 1. The van der Waals surface area contributed by atoms with Gasteiger partial charge in [-0.3, -0.25) is 4.79 Å². The molecular formula is C17H22N4O5S. The largest absolute Gasteiger partial charge is 0.495 e. The second-order valence-electron chi connectivity index (χ2n) is 6.35. The summed E-state index contributed by atoms with van der Waals surface area (Å²) in [5.74, 6) is 0.506. The fraction of sp³-hybridized carbons (Fsp3) is 0.471. The van der Waals surface area contributed by atoms with Crippen LogP contribution in [0.15, 0.2) is 27.6 Å². The van der Waals surface area contributed by atoms with Crippen molar-refractivity contribution in [2.45, 2.75) is 37.6 Å². The summed E-state index contributed by atoms with van der Waals surface area (Å²) in [7, 11) is -2.33. The molecule has 3 rings (SSSR count). The van der Waals surface area contributed by atoms with Crippen molar-refractivity contribution in [1.29, 1.82) is 0 Å². The Hall–Kier alpha value is -2.46. The van der Waals surface area contributed by atoms with E-state index in [1.54, 1.807) is 13.8 Å². The van der Waals surface area contributed by atoms with E-state index in [-0.39, 0.29) is 22.1 Å². The van der Waals surface area contributed by atoms with Crippen molar-refractivity contribution in [2.24, 2.45) is 0 Å². The maximum atomic E-state index is 12.9. The molecule has 0 radical (unpaired) electrons.